The molecule has 64 heavy (non-hydrogen) atoms. The highest BCUT2D eigenvalue weighted by Crippen LogP contribution is 2.60. The molecule has 3 aliphatic carbocycles. The van der Waals surface area contributed by atoms with E-state index in [0.29, 0.717) is 0 Å². The van der Waals surface area contributed by atoms with Crippen LogP contribution in [0.4, 0.5) is 0 Å². The Morgan fingerprint density at radius 3 is 1.50 bits per heavy atom. The van der Waals surface area contributed by atoms with Gasteiger partial charge in [0.1, 0.15) is 11.2 Å². The van der Waals surface area contributed by atoms with Crippen LogP contribution in [-0.2, 0) is 0 Å². The molecule has 298 valence electrons. The van der Waals surface area contributed by atoms with Crippen molar-refractivity contribution in [3.8, 4) is 50.2 Å². The maximum Gasteiger partial charge on any atom is 0.143 e. The lowest BCUT2D eigenvalue weighted by Crippen LogP contribution is -2.28. The Hall–Kier alpha value is -8.20. The first kappa shape index (κ1) is 35.4. The number of para-hydroxylation sites is 3. The molecule has 2 aromatic heterocycles. The van der Waals surface area contributed by atoms with Crippen LogP contribution in [0.2, 0.25) is 0 Å². The second kappa shape index (κ2) is 13.6. The van der Waals surface area contributed by atoms with E-state index in [9.17, 15) is 0 Å². The number of nitrogens with zero attached hydrogens (tertiary/aromatic N) is 1. The fraction of sp³-hybridized carbons (Fsp3) is 0.0323. The Morgan fingerprint density at radius 1 is 0.312 bits per heavy atom. The van der Waals surface area contributed by atoms with Crippen LogP contribution >= 0.6 is 0 Å². The summed E-state index contributed by atoms with van der Waals surface area (Å²) >= 11 is 0. The molecule has 0 saturated heterocycles. The maximum atomic E-state index is 6.47. The van der Waals surface area contributed by atoms with Gasteiger partial charge in [0.2, 0.25) is 0 Å². The van der Waals surface area contributed by atoms with Crippen LogP contribution in [0.3, 0.4) is 0 Å². The SMILES string of the molecule is c1ccc(-c2ccc(-n3c4ccccc4c4cc(-c5ccc(-c6ccc(-c7cccc8c7oc7ccccc78)cc6)c6c5C5c7ccccc7C6c6ccccc65)ccc43)cc2)cc1. The number of furan rings is 1. The molecule has 15 rings (SSSR count). The fourth-order valence-corrected chi connectivity index (χ4v) is 11.4. The minimum absolute atomic E-state index is 0.118. The van der Waals surface area contributed by atoms with E-state index in [2.05, 4.69) is 223 Å². The van der Waals surface area contributed by atoms with Gasteiger partial charge < -0.3 is 8.98 Å². The quantitative estimate of drug-likeness (QED) is 0.169. The molecular formula is C62H39NO. The third-order valence-corrected chi connectivity index (χ3v) is 14.2. The Kier molecular flexibility index (Phi) is 7.55. The lowest BCUT2D eigenvalue weighted by Gasteiger charge is -2.44. The molecule has 0 unspecified atom stereocenters. The summed E-state index contributed by atoms with van der Waals surface area (Å²) in [5.41, 5.74) is 23.7. The molecule has 2 bridgehead atoms. The highest BCUT2D eigenvalue weighted by Gasteiger charge is 2.43. The lowest BCUT2D eigenvalue weighted by molar-refractivity contribution is 0.670. The molecular weight excluding hydrogens is 775 g/mol. The first-order valence-electron chi connectivity index (χ1n) is 22.3. The van der Waals surface area contributed by atoms with Gasteiger partial charge in [0.05, 0.1) is 11.0 Å². The highest BCUT2D eigenvalue weighted by atomic mass is 16.3. The molecule has 0 atom stereocenters. The van der Waals surface area contributed by atoms with Gasteiger partial charge in [0, 0.05) is 44.6 Å². The van der Waals surface area contributed by atoms with Gasteiger partial charge in [-0.2, -0.15) is 0 Å². The van der Waals surface area contributed by atoms with E-state index in [-0.39, 0.29) is 11.8 Å². The van der Waals surface area contributed by atoms with Gasteiger partial charge in [-0.1, -0.05) is 188 Å². The summed E-state index contributed by atoms with van der Waals surface area (Å²) in [4.78, 5) is 0. The fourth-order valence-electron chi connectivity index (χ4n) is 11.4. The monoisotopic (exact) mass is 813 g/mol. The van der Waals surface area contributed by atoms with Crippen LogP contribution in [0.1, 0.15) is 45.2 Å². The molecule has 0 radical (unpaired) electrons. The highest BCUT2D eigenvalue weighted by molar-refractivity contribution is 6.11. The predicted molar refractivity (Wildman–Crippen MR) is 265 cm³/mol. The average Bonchev–Trinajstić information content (AvgIpc) is 3.92. The normalized spacial score (nSPS) is 14.9. The summed E-state index contributed by atoms with van der Waals surface area (Å²) in [6, 6.07) is 82.8. The third-order valence-electron chi connectivity index (χ3n) is 14.2. The largest absolute Gasteiger partial charge is 0.455 e. The van der Waals surface area contributed by atoms with Crippen LogP contribution in [0.15, 0.2) is 229 Å². The zero-order chi connectivity index (χ0) is 41.9. The van der Waals surface area contributed by atoms with Gasteiger partial charge >= 0.3 is 0 Å². The molecule has 12 aromatic rings. The molecule has 10 aromatic carbocycles. The van der Waals surface area contributed by atoms with Gasteiger partial charge in [-0.15, -0.1) is 0 Å². The number of benzene rings is 10. The Bertz CT molecular complexity index is 3780. The van der Waals surface area contributed by atoms with Crippen LogP contribution in [-0.4, -0.2) is 4.57 Å². The number of rotatable bonds is 5. The van der Waals surface area contributed by atoms with Gasteiger partial charge in [-0.05, 0) is 109 Å². The van der Waals surface area contributed by atoms with Gasteiger partial charge in [-0.25, -0.2) is 0 Å². The molecule has 0 N–H and O–H groups in total. The molecule has 3 aliphatic rings. The molecule has 0 aliphatic heterocycles. The summed E-state index contributed by atoms with van der Waals surface area (Å²) in [6.07, 6.45) is 0. The number of hydrogen-bond donors (Lipinski definition) is 0. The smallest absolute Gasteiger partial charge is 0.143 e. The van der Waals surface area contributed by atoms with Crippen molar-refractivity contribution in [3.05, 3.63) is 258 Å². The maximum absolute atomic E-state index is 6.47. The van der Waals surface area contributed by atoms with Crippen molar-refractivity contribution < 1.29 is 4.42 Å². The van der Waals surface area contributed by atoms with Crippen LogP contribution in [0.25, 0.3) is 93.9 Å². The van der Waals surface area contributed by atoms with Gasteiger partial charge in [0.15, 0.2) is 0 Å². The molecule has 0 saturated carbocycles. The van der Waals surface area contributed by atoms with E-state index in [1.54, 1.807) is 0 Å². The molecule has 2 heteroatoms. The van der Waals surface area contributed by atoms with E-state index in [4.69, 9.17) is 4.42 Å². The first-order valence-corrected chi connectivity index (χ1v) is 22.3. The Labute approximate surface area is 370 Å². The summed E-state index contributed by atoms with van der Waals surface area (Å²) < 4.78 is 8.90. The van der Waals surface area contributed by atoms with Crippen molar-refractivity contribution in [2.75, 3.05) is 0 Å². The summed E-state index contributed by atoms with van der Waals surface area (Å²) in [7, 11) is 0. The molecule has 0 amide bonds. The minimum atomic E-state index is 0.118. The number of fused-ring (bicyclic) bond motifs is 6. The van der Waals surface area contributed by atoms with E-state index < -0.39 is 0 Å². The molecule has 0 fully saturated rings. The molecule has 2 nitrogen and oxygen atoms in total. The zero-order valence-corrected chi connectivity index (χ0v) is 34.9. The van der Waals surface area contributed by atoms with Crippen molar-refractivity contribution in [2.24, 2.45) is 0 Å². The van der Waals surface area contributed by atoms with Crippen LogP contribution in [0.5, 0.6) is 0 Å². The Morgan fingerprint density at radius 2 is 0.812 bits per heavy atom. The van der Waals surface area contributed by atoms with Gasteiger partial charge in [0.25, 0.3) is 0 Å². The zero-order valence-electron chi connectivity index (χ0n) is 34.9. The van der Waals surface area contributed by atoms with Gasteiger partial charge in [-0.3, -0.25) is 0 Å². The lowest BCUT2D eigenvalue weighted by atomic mass is 9.58. The van der Waals surface area contributed by atoms with Crippen LogP contribution < -0.4 is 0 Å². The van der Waals surface area contributed by atoms with Crippen molar-refractivity contribution in [1.82, 2.24) is 4.57 Å². The van der Waals surface area contributed by atoms with Crippen molar-refractivity contribution >= 4 is 43.7 Å². The summed E-state index contributed by atoms with van der Waals surface area (Å²) in [5, 5.41) is 4.81. The van der Waals surface area contributed by atoms with Crippen molar-refractivity contribution in [1.29, 1.82) is 0 Å². The topological polar surface area (TPSA) is 18.1 Å². The van der Waals surface area contributed by atoms with E-state index in [1.165, 1.54) is 88.6 Å². The summed E-state index contributed by atoms with van der Waals surface area (Å²) in [6.45, 7) is 0. The third kappa shape index (κ3) is 5.08. The van der Waals surface area contributed by atoms with Crippen molar-refractivity contribution in [2.45, 2.75) is 11.8 Å². The number of aromatic nitrogens is 1. The number of hydrogen-bond acceptors (Lipinski definition) is 1. The first-order chi connectivity index (χ1) is 31.8. The van der Waals surface area contributed by atoms with E-state index in [0.717, 1.165) is 38.8 Å². The predicted octanol–water partition coefficient (Wildman–Crippen LogP) is 16.3. The molecule has 2 heterocycles. The minimum Gasteiger partial charge on any atom is -0.455 e. The standard InChI is InChI=1S/C62H39NO/c1-2-13-38(14-3-1)39-29-32-43(33-30-39)63-55-23-10-8-15-47(55)54-37-42(31-36-56(54)63)45-35-34-44(60-58-49-17-4-6-19-51(49)59(61(45)60)52-20-7-5-18-50(52)58)40-25-27-41(28-26-40)46-21-12-22-53-48-16-9-11-24-57(48)64-62(46)53/h1-37,58-59H. The van der Waals surface area contributed by atoms with E-state index in [1.807, 2.05) is 6.07 Å². The second-order valence-electron chi connectivity index (χ2n) is 17.5. The summed E-state index contributed by atoms with van der Waals surface area (Å²) in [5.74, 6) is 0.239. The van der Waals surface area contributed by atoms with Crippen molar-refractivity contribution in [3.63, 3.8) is 0 Å². The Balaban J connectivity index is 0.947. The average molecular weight is 814 g/mol. The second-order valence-corrected chi connectivity index (χ2v) is 17.5. The van der Waals surface area contributed by atoms with E-state index >= 15 is 0 Å². The molecule has 0 spiro atoms. The van der Waals surface area contributed by atoms with Crippen LogP contribution in [0, 0.1) is 0 Å².